The molecule has 0 N–H and O–H groups in total. The highest BCUT2D eigenvalue weighted by atomic mass is 16.3. The summed E-state index contributed by atoms with van der Waals surface area (Å²) in [5.74, 6) is 0. The maximum absolute atomic E-state index is 10.2. The number of nitrogens with zero attached hydrogens (tertiary/aromatic N) is 3. The molecule has 0 radical (unpaired) electrons. The van der Waals surface area contributed by atoms with Crippen LogP contribution in [0.25, 0.3) is 88.4 Å². The minimum Gasteiger partial charge on any atom is -0.456 e. The molecule has 0 amide bonds. The third-order valence-electron chi connectivity index (χ3n) is 9.41. The van der Waals surface area contributed by atoms with Gasteiger partial charge in [-0.05, 0) is 112 Å². The van der Waals surface area contributed by atoms with Gasteiger partial charge in [0.25, 0.3) is 0 Å². The Morgan fingerprint density at radius 2 is 0.840 bits per heavy atom. The lowest BCUT2D eigenvalue weighted by Crippen LogP contribution is -1.96. The molecule has 0 saturated heterocycles. The van der Waals surface area contributed by atoms with E-state index in [1.165, 1.54) is 0 Å². The van der Waals surface area contributed by atoms with E-state index >= 15 is 0 Å². The molecule has 0 aliphatic rings. The molecule has 0 bridgehead atoms. The molecule has 5 heteroatoms. The second kappa shape index (κ2) is 11.4. The van der Waals surface area contributed by atoms with Crippen molar-refractivity contribution in [2.24, 2.45) is 0 Å². The quantitative estimate of drug-likeness (QED) is 0.191. The van der Waals surface area contributed by atoms with Crippen molar-refractivity contribution in [2.75, 3.05) is 0 Å². The van der Waals surface area contributed by atoms with E-state index in [2.05, 4.69) is 66.7 Å². The van der Waals surface area contributed by atoms with Crippen molar-refractivity contribution in [3.05, 3.63) is 156 Å². The van der Waals surface area contributed by atoms with E-state index < -0.39 is 0 Å². The molecule has 0 atom stereocenters. The van der Waals surface area contributed by atoms with Crippen molar-refractivity contribution < 1.29 is 8.83 Å². The number of para-hydroxylation sites is 2. The number of nitriles is 3. The first-order valence-corrected chi connectivity index (χ1v) is 16.1. The van der Waals surface area contributed by atoms with Crippen LogP contribution in [0.1, 0.15) is 16.7 Å². The third kappa shape index (κ3) is 4.53. The summed E-state index contributed by atoms with van der Waals surface area (Å²) >= 11 is 0. The number of hydrogen-bond donors (Lipinski definition) is 0. The first kappa shape index (κ1) is 28.8. The second-order valence-electron chi connectivity index (χ2n) is 12.2. The SMILES string of the molecule is N#Cc1ccc(-c2c(-c3ccc4oc5ccccc5c4c3)cc(-c3c(C#N)cccc3C#N)cc2-c2ccc3oc4ccccc4c3c2)cc1. The molecule has 0 saturated carbocycles. The number of hydrogen-bond acceptors (Lipinski definition) is 5. The van der Waals surface area contributed by atoms with Crippen LogP contribution >= 0.6 is 0 Å². The molecular weight excluding hydrogens is 615 g/mol. The van der Waals surface area contributed by atoms with Gasteiger partial charge >= 0.3 is 0 Å². The van der Waals surface area contributed by atoms with Gasteiger partial charge in [0.05, 0.1) is 34.9 Å². The van der Waals surface area contributed by atoms with Crippen LogP contribution in [0.15, 0.2) is 148 Å². The molecule has 0 spiro atoms. The van der Waals surface area contributed by atoms with E-state index in [0.717, 1.165) is 82.8 Å². The first-order valence-electron chi connectivity index (χ1n) is 16.1. The summed E-state index contributed by atoms with van der Waals surface area (Å²) < 4.78 is 12.4. The van der Waals surface area contributed by atoms with Gasteiger partial charge in [0.1, 0.15) is 22.3 Å². The van der Waals surface area contributed by atoms with Gasteiger partial charge < -0.3 is 8.83 Å². The van der Waals surface area contributed by atoms with Crippen LogP contribution in [0.5, 0.6) is 0 Å². The van der Waals surface area contributed by atoms with Crippen LogP contribution in [0.4, 0.5) is 0 Å². The fourth-order valence-corrected chi connectivity index (χ4v) is 7.10. The summed E-state index contributed by atoms with van der Waals surface area (Å²) in [5.41, 5.74) is 11.5. The number of fused-ring (bicyclic) bond motifs is 6. The molecule has 2 heterocycles. The minimum absolute atomic E-state index is 0.416. The van der Waals surface area contributed by atoms with Gasteiger partial charge in [-0.2, -0.15) is 15.8 Å². The van der Waals surface area contributed by atoms with Gasteiger partial charge in [0, 0.05) is 27.1 Å². The lowest BCUT2D eigenvalue weighted by Gasteiger charge is -2.20. The number of benzene rings is 7. The van der Waals surface area contributed by atoms with Crippen molar-refractivity contribution in [2.45, 2.75) is 0 Å². The predicted molar refractivity (Wildman–Crippen MR) is 197 cm³/mol. The normalized spacial score (nSPS) is 11.1. The molecular formula is C45H23N3O2. The van der Waals surface area contributed by atoms with Gasteiger partial charge in [0.15, 0.2) is 0 Å². The zero-order valence-corrected chi connectivity index (χ0v) is 26.4. The Balaban J connectivity index is 1.42. The fraction of sp³-hybridized carbons (Fsp3) is 0. The van der Waals surface area contributed by atoms with Crippen LogP contribution in [0.3, 0.4) is 0 Å². The molecule has 7 aromatic carbocycles. The number of furan rings is 2. The molecule has 5 nitrogen and oxygen atoms in total. The van der Waals surface area contributed by atoms with E-state index in [-0.39, 0.29) is 0 Å². The highest BCUT2D eigenvalue weighted by Gasteiger charge is 2.22. The molecule has 2 aromatic heterocycles. The van der Waals surface area contributed by atoms with Crippen molar-refractivity contribution in [3.8, 4) is 62.7 Å². The molecule has 50 heavy (non-hydrogen) atoms. The molecule has 9 rings (SSSR count). The maximum atomic E-state index is 10.2. The maximum Gasteiger partial charge on any atom is 0.135 e. The summed E-state index contributed by atoms with van der Waals surface area (Å²) in [5, 5.41) is 34.1. The topological polar surface area (TPSA) is 97.6 Å². The van der Waals surface area contributed by atoms with E-state index in [1.807, 2.05) is 72.8 Å². The lowest BCUT2D eigenvalue weighted by molar-refractivity contribution is 0.668. The summed E-state index contributed by atoms with van der Waals surface area (Å²) in [6.07, 6.45) is 0. The second-order valence-corrected chi connectivity index (χ2v) is 12.2. The predicted octanol–water partition coefficient (Wildman–Crippen LogP) is 11.8. The summed E-state index contributed by atoms with van der Waals surface area (Å²) in [6, 6.07) is 52.2. The zero-order valence-electron chi connectivity index (χ0n) is 26.4. The lowest BCUT2D eigenvalue weighted by atomic mass is 9.83. The average molecular weight is 638 g/mol. The van der Waals surface area contributed by atoms with Gasteiger partial charge in [-0.15, -0.1) is 0 Å². The highest BCUT2D eigenvalue weighted by molar-refractivity contribution is 6.09. The van der Waals surface area contributed by atoms with Crippen molar-refractivity contribution in [3.63, 3.8) is 0 Å². The molecule has 0 fully saturated rings. The van der Waals surface area contributed by atoms with E-state index in [9.17, 15) is 15.8 Å². The largest absolute Gasteiger partial charge is 0.456 e. The van der Waals surface area contributed by atoms with E-state index in [1.54, 1.807) is 18.2 Å². The van der Waals surface area contributed by atoms with Crippen molar-refractivity contribution >= 4 is 43.9 Å². The number of rotatable bonds is 4. The third-order valence-corrected chi connectivity index (χ3v) is 9.41. The Kier molecular flexibility index (Phi) is 6.56. The van der Waals surface area contributed by atoms with Crippen LogP contribution in [0.2, 0.25) is 0 Å². The van der Waals surface area contributed by atoms with E-state index in [4.69, 9.17) is 8.83 Å². The van der Waals surface area contributed by atoms with Crippen molar-refractivity contribution in [1.29, 1.82) is 15.8 Å². The van der Waals surface area contributed by atoms with Gasteiger partial charge in [-0.25, -0.2) is 0 Å². The summed E-state index contributed by atoms with van der Waals surface area (Å²) in [7, 11) is 0. The average Bonchev–Trinajstić information content (AvgIpc) is 3.74. The fourth-order valence-electron chi connectivity index (χ4n) is 7.10. The molecule has 9 aromatic rings. The smallest absolute Gasteiger partial charge is 0.135 e. The van der Waals surface area contributed by atoms with Gasteiger partial charge in [-0.3, -0.25) is 0 Å². The molecule has 0 aliphatic carbocycles. The van der Waals surface area contributed by atoms with Crippen LogP contribution < -0.4 is 0 Å². The first-order chi connectivity index (χ1) is 24.6. The molecule has 0 aliphatic heterocycles. The Labute approximate surface area is 286 Å². The highest BCUT2D eigenvalue weighted by Crippen LogP contribution is 2.46. The van der Waals surface area contributed by atoms with Crippen LogP contribution in [0, 0.1) is 34.0 Å². The van der Waals surface area contributed by atoms with Gasteiger partial charge in [-0.1, -0.05) is 66.7 Å². The molecule has 230 valence electrons. The summed E-state index contributed by atoms with van der Waals surface area (Å²) in [6.45, 7) is 0. The Bertz CT molecular complexity index is 2790. The Morgan fingerprint density at radius 1 is 0.360 bits per heavy atom. The van der Waals surface area contributed by atoms with Gasteiger partial charge in [0.2, 0.25) is 0 Å². The van der Waals surface area contributed by atoms with Crippen LogP contribution in [-0.4, -0.2) is 0 Å². The standard InChI is InChI=1S/C45H23N3O2/c46-24-27-12-14-28(15-13-27)45-36(29-16-18-42-38(20-29)34-8-1-3-10-40(34)49-42)22-33(44-31(25-47)6-5-7-32(44)26-48)23-37(45)30-17-19-43-39(21-30)35-9-2-4-11-41(35)50-43/h1-23H. The van der Waals surface area contributed by atoms with Crippen molar-refractivity contribution in [1.82, 2.24) is 0 Å². The monoisotopic (exact) mass is 637 g/mol. The van der Waals surface area contributed by atoms with E-state index in [0.29, 0.717) is 22.3 Å². The minimum atomic E-state index is 0.416. The molecule has 0 unspecified atom stereocenters. The zero-order chi connectivity index (χ0) is 33.8. The Hall–Kier alpha value is -7.39. The Morgan fingerprint density at radius 3 is 1.34 bits per heavy atom. The summed E-state index contributed by atoms with van der Waals surface area (Å²) in [4.78, 5) is 0. The van der Waals surface area contributed by atoms with Crippen LogP contribution in [-0.2, 0) is 0 Å².